The molecule has 0 saturated carbocycles. The molecule has 0 spiro atoms. The SMILES string of the molecule is CCc1cnc(C(C)Nc2cc(C)ccc2C#N)s1. The molecule has 0 saturated heterocycles. The van der Waals surface area contributed by atoms with Crippen molar-refractivity contribution in [3.8, 4) is 6.07 Å². The zero-order chi connectivity index (χ0) is 13.8. The van der Waals surface area contributed by atoms with Crippen LogP contribution in [0.4, 0.5) is 5.69 Å². The van der Waals surface area contributed by atoms with Crippen LogP contribution in [0.15, 0.2) is 24.4 Å². The summed E-state index contributed by atoms with van der Waals surface area (Å²) in [5.74, 6) is 0. The molecule has 0 aliphatic carbocycles. The van der Waals surface area contributed by atoms with Crippen molar-refractivity contribution in [1.29, 1.82) is 5.26 Å². The Labute approximate surface area is 117 Å². The average Bonchev–Trinajstić information content (AvgIpc) is 2.88. The van der Waals surface area contributed by atoms with Gasteiger partial charge in [-0.1, -0.05) is 13.0 Å². The van der Waals surface area contributed by atoms with Gasteiger partial charge in [-0.3, -0.25) is 0 Å². The van der Waals surface area contributed by atoms with Crippen molar-refractivity contribution in [2.24, 2.45) is 0 Å². The van der Waals surface area contributed by atoms with E-state index in [1.165, 1.54) is 4.88 Å². The predicted molar refractivity (Wildman–Crippen MR) is 79.4 cm³/mol. The summed E-state index contributed by atoms with van der Waals surface area (Å²) in [5, 5.41) is 13.6. The lowest BCUT2D eigenvalue weighted by atomic mass is 10.1. The number of hydrogen-bond acceptors (Lipinski definition) is 4. The lowest BCUT2D eigenvalue weighted by Crippen LogP contribution is -2.07. The van der Waals surface area contributed by atoms with E-state index >= 15 is 0 Å². The first-order valence-electron chi connectivity index (χ1n) is 6.36. The van der Waals surface area contributed by atoms with Crippen molar-refractivity contribution in [3.05, 3.63) is 45.4 Å². The molecule has 1 aromatic carbocycles. The van der Waals surface area contributed by atoms with Gasteiger partial charge in [0.15, 0.2) is 0 Å². The Kier molecular flexibility index (Phi) is 4.18. The minimum absolute atomic E-state index is 0.110. The van der Waals surface area contributed by atoms with Gasteiger partial charge in [0.1, 0.15) is 11.1 Å². The number of aryl methyl sites for hydroxylation is 2. The Morgan fingerprint density at radius 3 is 2.89 bits per heavy atom. The van der Waals surface area contributed by atoms with Gasteiger partial charge in [-0.2, -0.15) is 5.26 Å². The summed E-state index contributed by atoms with van der Waals surface area (Å²) in [5.41, 5.74) is 2.69. The normalized spacial score (nSPS) is 11.9. The molecule has 0 bridgehead atoms. The third kappa shape index (κ3) is 3.12. The van der Waals surface area contributed by atoms with E-state index in [1.807, 2.05) is 31.3 Å². The van der Waals surface area contributed by atoms with E-state index in [1.54, 1.807) is 11.3 Å². The molecule has 0 aliphatic heterocycles. The maximum absolute atomic E-state index is 9.13. The first kappa shape index (κ1) is 13.6. The Hall–Kier alpha value is -1.86. The molecule has 2 aromatic rings. The van der Waals surface area contributed by atoms with Crippen LogP contribution in [0.1, 0.15) is 40.9 Å². The lowest BCUT2D eigenvalue weighted by molar-refractivity contribution is 0.868. The highest BCUT2D eigenvalue weighted by Crippen LogP contribution is 2.26. The van der Waals surface area contributed by atoms with Crippen molar-refractivity contribution < 1.29 is 0 Å². The van der Waals surface area contributed by atoms with Gasteiger partial charge >= 0.3 is 0 Å². The van der Waals surface area contributed by atoms with Crippen molar-refractivity contribution in [2.45, 2.75) is 33.2 Å². The van der Waals surface area contributed by atoms with Gasteiger partial charge in [0.05, 0.1) is 17.3 Å². The van der Waals surface area contributed by atoms with Crippen molar-refractivity contribution in [3.63, 3.8) is 0 Å². The van der Waals surface area contributed by atoms with Crippen LogP contribution < -0.4 is 5.32 Å². The molecular formula is C15H17N3S. The molecule has 1 N–H and O–H groups in total. The van der Waals surface area contributed by atoms with E-state index in [0.29, 0.717) is 5.56 Å². The first-order valence-corrected chi connectivity index (χ1v) is 7.17. The number of anilines is 1. The topological polar surface area (TPSA) is 48.7 Å². The van der Waals surface area contributed by atoms with E-state index < -0.39 is 0 Å². The number of nitrogens with one attached hydrogen (secondary N) is 1. The maximum Gasteiger partial charge on any atom is 0.115 e. The quantitative estimate of drug-likeness (QED) is 0.912. The van der Waals surface area contributed by atoms with E-state index in [0.717, 1.165) is 22.7 Å². The second-order valence-electron chi connectivity index (χ2n) is 4.55. The van der Waals surface area contributed by atoms with Crippen molar-refractivity contribution in [1.82, 2.24) is 4.98 Å². The van der Waals surface area contributed by atoms with E-state index in [-0.39, 0.29) is 6.04 Å². The van der Waals surface area contributed by atoms with Crippen LogP contribution in [0.25, 0.3) is 0 Å². The minimum Gasteiger partial charge on any atom is -0.375 e. The molecule has 1 heterocycles. The fourth-order valence-corrected chi connectivity index (χ4v) is 2.72. The van der Waals surface area contributed by atoms with E-state index in [4.69, 9.17) is 5.26 Å². The van der Waals surface area contributed by atoms with Gasteiger partial charge in [-0.25, -0.2) is 4.98 Å². The fourth-order valence-electron chi connectivity index (χ4n) is 1.86. The molecule has 19 heavy (non-hydrogen) atoms. The molecular weight excluding hydrogens is 254 g/mol. The molecule has 2 rings (SSSR count). The number of thiazole rings is 1. The van der Waals surface area contributed by atoms with Crippen LogP contribution >= 0.6 is 11.3 Å². The lowest BCUT2D eigenvalue weighted by Gasteiger charge is -2.14. The zero-order valence-corrected chi connectivity index (χ0v) is 12.2. The van der Waals surface area contributed by atoms with Gasteiger partial charge in [-0.05, 0) is 38.0 Å². The molecule has 0 aliphatic rings. The van der Waals surface area contributed by atoms with Crippen LogP contribution in [-0.4, -0.2) is 4.98 Å². The van der Waals surface area contributed by atoms with Crippen molar-refractivity contribution in [2.75, 3.05) is 5.32 Å². The summed E-state index contributed by atoms with van der Waals surface area (Å²) in [6, 6.07) is 8.13. The second-order valence-corrected chi connectivity index (χ2v) is 5.69. The Morgan fingerprint density at radius 2 is 2.26 bits per heavy atom. The van der Waals surface area contributed by atoms with Crippen LogP contribution in [0.3, 0.4) is 0 Å². The smallest absolute Gasteiger partial charge is 0.115 e. The van der Waals surface area contributed by atoms with Crippen LogP contribution in [0, 0.1) is 18.3 Å². The first-order chi connectivity index (χ1) is 9.13. The number of nitrogens with zero attached hydrogens (tertiary/aromatic N) is 2. The Balaban J connectivity index is 2.21. The largest absolute Gasteiger partial charge is 0.375 e. The monoisotopic (exact) mass is 271 g/mol. The number of hydrogen-bond donors (Lipinski definition) is 1. The minimum atomic E-state index is 0.110. The second kappa shape index (κ2) is 5.85. The molecule has 1 atom stereocenters. The van der Waals surface area contributed by atoms with Gasteiger partial charge in [-0.15, -0.1) is 11.3 Å². The highest BCUT2D eigenvalue weighted by molar-refractivity contribution is 7.11. The van der Waals surface area contributed by atoms with Gasteiger partial charge in [0.2, 0.25) is 0 Å². The molecule has 1 unspecified atom stereocenters. The third-order valence-corrected chi connectivity index (χ3v) is 4.28. The van der Waals surface area contributed by atoms with Crippen LogP contribution in [0.5, 0.6) is 0 Å². The van der Waals surface area contributed by atoms with Crippen molar-refractivity contribution >= 4 is 17.0 Å². The van der Waals surface area contributed by atoms with Gasteiger partial charge in [0, 0.05) is 11.1 Å². The number of rotatable bonds is 4. The number of benzene rings is 1. The highest BCUT2D eigenvalue weighted by Gasteiger charge is 2.12. The molecule has 0 radical (unpaired) electrons. The summed E-state index contributed by atoms with van der Waals surface area (Å²) in [6.07, 6.45) is 2.94. The zero-order valence-electron chi connectivity index (χ0n) is 11.4. The standard InChI is InChI=1S/C15H17N3S/c1-4-13-9-17-15(19-13)11(3)18-14-7-10(2)5-6-12(14)8-16/h5-7,9,11,18H,4H2,1-3H3. The summed E-state index contributed by atoms with van der Waals surface area (Å²) in [6.45, 7) is 6.22. The molecule has 0 amide bonds. The number of nitriles is 1. The summed E-state index contributed by atoms with van der Waals surface area (Å²) in [4.78, 5) is 5.72. The fraction of sp³-hybridized carbons (Fsp3) is 0.333. The molecule has 0 fully saturated rings. The molecule has 4 heteroatoms. The van der Waals surface area contributed by atoms with Gasteiger partial charge in [0.25, 0.3) is 0 Å². The summed E-state index contributed by atoms with van der Waals surface area (Å²) >= 11 is 1.72. The van der Waals surface area contributed by atoms with E-state index in [9.17, 15) is 0 Å². The Bertz CT molecular complexity index is 610. The highest BCUT2D eigenvalue weighted by atomic mass is 32.1. The van der Waals surface area contributed by atoms with E-state index in [2.05, 4.69) is 30.2 Å². The summed E-state index contributed by atoms with van der Waals surface area (Å²) in [7, 11) is 0. The maximum atomic E-state index is 9.13. The molecule has 3 nitrogen and oxygen atoms in total. The van der Waals surface area contributed by atoms with Crippen LogP contribution in [-0.2, 0) is 6.42 Å². The van der Waals surface area contributed by atoms with Gasteiger partial charge < -0.3 is 5.32 Å². The third-order valence-electron chi connectivity index (χ3n) is 2.96. The predicted octanol–water partition coefficient (Wildman–Crippen LogP) is 4.06. The van der Waals surface area contributed by atoms with Crippen LogP contribution in [0.2, 0.25) is 0 Å². The number of aromatic nitrogens is 1. The Morgan fingerprint density at radius 1 is 1.47 bits per heavy atom. The molecule has 1 aromatic heterocycles. The molecule has 98 valence electrons. The summed E-state index contributed by atoms with van der Waals surface area (Å²) < 4.78 is 0. The average molecular weight is 271 g/mol.